The van der Waals surface area contributed by atoms with Crippen LogP contribution in [0, 0.1) is 0 Å². The van der Waals surface area contributed by atoms with E-state index in [-0.39, 0.29) is 5.97 Å². The molecule has 0 atom stereocenters. The monoisotopic (exact) mass is 251 g/mol. The van der Waals surface area contributed by atoms with Crippen molar-refractivity contribution in [2.24, 2.45) is 0 Å². The molecule has 0 fully saturated rings. The number of benzene rings is 1. The third-order valence-electron chi connectivity index (χ3n) is 2.10. The molecule has 18 heavy (non-hydrogen) atoms. The molecule has 102 valence electrons. The van der Waals surface area contributed by atoms with E-state index >= 15 is 0 Å². The van der Waals surface area contributed by atoms with E-state index in [0.717, 1.165) is 11.3 Å². The van der Waals surface area contributed by atoms with Crippen LogP contribution in [0.4, 0.5) is 5.69 Å². The second kappa shape index (κ2) is 9.51. The standard InChI is InChI=1S/C13H19NO2.C2H6/c1-4-13(15)16-9-11-5-7-12(8-6-11)14-10(2)3;1-2/h5-8,10,14H,4,9H2,1-3H3;1-2H3. The Morgan fingerprint density at radius 1 is 1.22 bits per heavy atom. The van der Waals surface area contributed by atoms with E-state index in [2.05, 4.69) is 19.2 Å². The average molecular weight is 251 g/mol. The van der Waals surface area contributed by atoms with Gasteiger partial charge in [0.05, 0.1) is 0 Å². The van der Waals surface area contributed by atoms with Crippen LogP contribution in [0.5, 0.6) is 0 Å². The van der Waals surface area contributed by atoms with Gasteiger partial charge in [0.1, 0.15) is 6.61 Å². The van der Waals surface area contributed by atoms with Gasteiger partial charge >= 0.3 is 5.97 Å². The molecule has 0 amide bonds. The number of esters is 1. The summed E-state index contributed by atoms with van der Waals surface area (Å²) < 4.78 is 5.04. The zero-order valence-electron chi connectivity index (χ0n) is 12.1. The summed E-state index contributed by atoms with van der Waals surface area (Å²) in [7, 11) is 0. The number of anilines is 1. The molecule has 0 aromatic heterocycles. The van der Waals surface area contributed by atoms with Gasteiger partial charge in [-0.05, 0) is 31.5 Å². The average Bonchev–Trinajstić information content (AvgIpc) is 2.39. The minimum atomic E-state index is -0.163. The van der Waals surface area contributed by atoms with Gasteiger partial charge in [-0.25, -0.2) is 0 Å². The van der Waals surface area contributed by atoms with Crippen LogP contribution in [0.15, 0.2) is 24.3 Å². The van der Waals surface area contributed by atoms with E-state index in [1.807, 2.05) is 38.1 Å². The van der Waals surface area contributed by atoms with Gasteiger partial charge in [-0.3, -0.25) is 4.79 Å². The number of carbonyl (C=O) groups excluding carboxylic acids is 1. The van der Waals surface area contributed by atoms with Crippen LogP contribution in [-0.4, -0.2) is 12.0 Å². The lowest BCUT2D eigenvalue weighted by Crippen LogP contribution is -2.09. The molecule has 1 aromatic carbocycles. The van der Waals surface area contributed by atoms with E-state index < -0.39 is 0 Å². The van der Waals surface area contributed by atoms with E-state index in [1.165, 1.54) is 0 Å². The Morgan fingerprint density at radius 2 is 1.78 bits per heavy atom. The zero-order valence-corrected chi connectivity index (χ0v) is 12.1. The first-order valence-electron chi connectivity index (χ1n) is 6.63. The van der Waals surface area contributed by atoms with E-state index in [1.54, 1.807) is 6.92 Å². The maximum atomic E-state index is 11.0. The summed E-state index contributed by atoms with van der Waals surface area (Å²) in [5, 5.41) is 3.30. The van der Waals surface area contributed by atoms with Crippen molar-refractivity contribution in [1.29, 1.82) is 0 Å². The fourth-order valence-corrected chi connectivity index (χ4v) is 1.30. The van der Waals surface area contributed by atoms with E-state index in [4.69, 9.17) is 4.74 Å². The van der Waals surface area contributed by atoms with Gasteiger partial charge in [0.25, 0.3) is 0 Å². The highest BCUT2D eigenvalue weighted by molar-refractivity contribution is 5.68. The number of carbonyl (C=O) groups is 1. The van der Waals surface area contributed by atoms with Crippen molar-refractivity contribution in [2.75, 3.05) is 5.32 Å². The molecule has 1 N–H and O–H groups in total. The van der Waals surface area contributed by atoms with Crippen molar-refractivity contribution >= 4 is 11.7 Å². The smallest absolute Gasteiger partial charge is 0.305 e. The fraction of sp³-hybridized carbons (Fsp3) is 0.533. The minimum Gasteiger partial charge on any atom is -0.461 e. The molecule has 0 spiro atoms. The summed E-state index contributed by atoms with van der Waals surface area (Å²) in [5.74, 6) is -0.163. The highest BCUT2D eigenvalue weighted by atomic mass is 16.5. The highest BCUT2D eigenvalue weighted by Gasteiger charge is 2.00. The lowest BCUT2D eigenvalue weighted by Gasteiger charge is -2.10. The van der Waals surface area contributed by atoms with Gasteiger partial charge in [0, 0.05) is 18.2 Å². The quantitative estimate of drug-likeness (QED) is 0.804. The van der Waals surface area contributed by atoms with Gasteiger partial charge in [0.15, 0.2) is 0 Å². The highest BCUT2D eigenvalue weighted by Crippen LogP contribution is 2.11. The Kier molecular flexibility index (Phi) is 8.71. The van der Waals surface area contributed by atoms with Crippen molar-refractivity contribution in [2.45, 2.75) is 53.7 Å². The summed E-state index contributed by atoms with van der Waals surface area (Å²) in [6, 6.07) is 8.34. The van der Waals surface area contributed by atoms with Crippen LogP contribution in [0.2, 0.25) is 0 Å². The summed E-state index contributed by atoms with van der Waals surface area (Å²) in [5.41, 5.74) is 2.09. The first-order chi connectivity index (χ1) is 8.61. The molecule has 1 rings (SSSR count). The van der Waals surface area contributed by atoms with Gasteiger partial charge in [-0.1, -0.05) is 32.9 Å². The number of ether oxygens (including phenoxy) is 1. The number of nitrogens with one attached hydrogen (secondary N) is 1. The first kappa shape index (κ1) is 16.5. The Morgan fingerprint density at radius 3 is 2.22 bits per heavy atom. The van der Waals surface area contributed by atoms with Crippen LogP contribution in [-0.2, 0) is 16.1 Å². The lowest BCUT2D eigenvalue weighted by molar-refractivity contribution is -0.144. The predicted octanol–water partition coefficient (Wildman–Crippen LogP) is 3.99. The number of hydrogen-bond donors (Lipinski definition) is 1. The molecule has 0 aliphatic carbocycles. The van der Waals surface area contributed by atoms with Crippen molar-refractivity contribution in [3.63, 3.8) is 0 Å². The Bertz CT molecular complexity index is 331. The lowest BCUT2D eigenvalue weighted by atomic mass is 10.2. The van der Waals surface area contributed by atoms with Crippen LogP contribution in [0.1, 0.15) is 46.6 Å². The molecule has 0 saturated carbocycles. The second-order valence-corrected chi connectivity index (χ2v) is 4.01. The Hall–Kier alpha value is -1.51. The molecule has 0 heterocycles. The molecule has 0 saturated heterocycles. The molecular formula is C15H25NO2. The largest absolute Gasteiger partial charge is 0.461 e. The molecular weight excluding hydrogens is 226 g/mol. The van der Waals surface area contributed by atoms with E-state index in [0.29, 0.717) is 19.1 Å². The molecule has 0 bridgehead atoms. The third-order valence-corrected chi connectivity index (χ3v) is 2.10. The molecule has 3 heteroatoms. The normalized spacial score (nSPS) is 9.44. The summed E-state index contributed by atoms with van der Waals surface area (Å²) in [4.78, 5) is 11.0. The van der Waals surface area contributed by atoms with Gasteiger partial charge in [0.2, 0.25) is 0 Å². The number of rotatable bonds is 5. The topological polar surface area (TPSA) is 38.3 Å². The van der Waals surface area contributed by atoms with Crippen molar-refractivity contribution in [3.05, 3.63) is 29.8 Å². The fourth-order valence-electron chi connectivity index (χ4n) is 1.30. The van der Waals surface area contributed by atoms with Gasteiger partial charge in [-0.15, -0.1) is 0 Å². The van der Waals surface area contributed by atoms with Crippen molar-refractivity contribution in [1.82, 2.24) is 0 Å². The molecule has 3 nitrogen and oxygen atoms in total. The van der Waals surface area contributed by atoms with Crippen LogP contribution >= 0.6 is 0 Å². The van der Waals surface area contributed by atoms with Gasteiger partial charge in [-0.2, -0.15) is 0 Å². The van der Waals surface area contributed by atoms with Crippen LogP contribution in [0.25, 0.3) is 0 Å². The molecule has 0 unspecified atom stereocenters. The number of hydrogen-bond acceptors (Lipinski definition) is 3. The summed E-state index contributed by atoms with van der Waals surface area (Å²) in [6.07, 6.45) is 0.424. The van der Waals surface area contributed by atoms with Gasteiger partial charge < -0.3 is 10.1 Å². The third kappa shape index (κ3) is 6.94. The molecule has 1 aromatic rings. The minimum absolute atomic E-state index is 0.163. The van der Waals surface area contributed by atoms with Crippen molar-refractivity contribution < 1.29 is 9.53 Å². The summed E-state index contributed by atoms with van der Waals surface area (Å²) >= 11 is 0. The SMILES string of the molecule is CC.CCC(=O)OCc1ccc(NC(C)C)cc1. The zero-order chi connectivity index (χ0) is 14.0. The van der Waals surface area contributed by atoms with E-state index in [9.17, 15) is 4.79 Å². The van der Waals surface area contributed by atoms with Crippen LogP contribution in [0.3, 0.4) is 0 Å². The van der Waals surface area contributed by atoms with Crippen LogP contribution < -0.4 is 5.32 Å². The van der Waals surface area contributed by atoms with Crippen molar-refractivity contribution in [3.8, 4) is 0 Å². The molecule has 0 aliphatic rings. The Balaban J connectivity index is 0.00000137. The first-order valence-corrected chi connectivity index (χ1v) is 6.63. The maximum absolute atomic E-state index is 11.0. The second-order valence-electron chi connectivity index (χ2n) is 4.01. The maximum Gasteiger partial charge on any atom is 0.305 e. The predicted molar refractivity (Wildman–Crippen MR) is 76.6 cm³/mol. The summed E-state index contributed by atoms with van der Waals surface area (Å²) in [6.45, 7) is 10.3. The molecule has 0 radical (unpaired) electrons. The Labute approximate surface area is 111 Å². The molecule has 0 aliphatic heterocycles.